The van der Waals surface area contributed by atoms with Gasteiger partial charge in [0, 0.05) is 0 Å². The molecule has 0 aliphatic heterocycles. The van der Waals surface area contributed by atoms with Gasteiger partial charge in [0.15, 0.2) is 6.10 Å². The van der Waals surface area contributed by atoms with Crippen molar-refractivity contribution < 1.29 is 14.6 Å². The molecule has 0 spiro atoms. The molecule has 1 fully saturated rings. The number of para-hydroxylation sites is 1. The lowest BCUT2D eigenvalue weighted by molar-refractivity contribution is -0.147. The van der Waals surface area contributed by atoms with Crippen molar-refractivity contribution in [2.75, 3.05) is 0 Å². The lowest BCUT2D eigenvalue weighted by atomic mass is 9.85. The van der Waals surface area contributed by atoms with Gasteiger partial charge in [-0.15, -0.1) is 0 Å². The number of hydrogen-bond donors (Lipinski definition) is 1. The summed E-state index contributed by atoms with van der Waals surface area (Å²) in [6.45, 7) is 0. The Labute approximate surface area is 101 Å². The fraction of sp³-hybridized carbons (Fsp3) is 0.500. The molecule has 1 aliphatic carbocycles. The number of hydrogen-bond acceptors (Lipinski definition) is 3. The van der Waals surface area contributed by atoms with Gasteiger partial charge >= 0.3 is 5.97 Å². The standard InChI is InChI=1S/C14H18O3/c15-13(11-7-3-1-4-8-11)14(16)17-12-9-5-2-6-10-12/h2,5-6,9-11,13,15H,1,3-4,7-8H2/t13-/m1/s1. The zero-order valence-electron chi connectivity index (χ0n) is 9.84. The van der Waals surface area contributed by atoms with Gasteiger partial charge in [-0.1, -0.05) is 37.5 Å². The molecular weight excluding hydrogens is 216 g/mol. The Morgan fingerprint density at radius 1 is 1.18 bits per heavy atom. The second-order valence-electron chi connectivity index (χ2n) is 4.58. The summed E-state index contributed by atoms with van der Waals surface area (Å²) < 4.78 is 5.14. The molecule has 0 unspecified atom stereocenters. The number of ether oxygens (including phenoxy) is 1. The minimum atomic E-state index is -0.976. The van der Waals surface area contributed by atoms with Gasteiger partial charge in [0.2, 0.25) is 0 Å². The Balaban J connectivity index is 1.90. The molecule has 1 aromatic rings. The third-order valence-electron chi connectivity index (χ3n) is 3.30. The maximum absolute atomic E-state index is 11.7. The summed E-state index contributed by atoms with van der Waals surface area (Å²) in [5.41, 5.74) is 0. The van der Waals surface area contributed by atoms with Gasteiger partial charge in [-0.2, -0.15) is 0 Å². The minimum absolute atomic E-state index is 0.0694. The fourth-order valence-corrected chi connectivity index (χ4v) is 2.31. The number of rotatable bonds is 3. The number of aliphatic hydroxyl groups excluding tert-OH is 1. The van der Waals surface area contributed by atoms with E-state index < -0.39 is 12.1 Å². The molecule has 0 radical (unpaired) electrons. The molecule has 0 heterocycles. The van der Waals surface area contributed by atoms with Crippen LogP contribution in [0.4, 0.5) is 0 Å². The average Bonchev–Trinajstić information content (AvgIpc) is 2.40. The number of carbonyl (C=O) groups is 1. The van der Waals surface area contributed by atoms with E-state index in [1.165, 1.54) is 6.42 Å². The van der Waals surface area contributed by atoms with Crippen molar-refractivity contribution in [1.82, 2.24) is 0 Å². The summed E-state index contributed by atoms with van der Waals surface area (Å²) >= 11 is 0. The fourth-order valence-electron chi connectivity index (χ4n) is 2.31. The topological polar surface area (TPSA) is 46.5 Å². The third kappa shape index (κ3) is 3.30. The summed E-state index contributed by atoms with van der Waals surface area (Å²) in [5, 5.41) is 9.93. The van der Waals surface area contributed by atoms with Crippen LogP contribution in [0, 0.1) is 5.92 Å². The SMILES string of the molecule is O=C(Oc1ccccc1)[C@H](O)C1CCCCC1. The van der Waals surface area contributed by atoms with Gasteiger partial charge in [0.05, 0.1) is 0 Å². The molecule has 17 heavy (non-hydrogen) atoms. The number of esters is 1. The van der Waals surface area contributed by atoms with E-state index in [-0.39, 0.29) is 5.92 Å². The number of aliphatic hydroxyl groups is 1. The highest BCUT2D eigenvalue weighted by Gasteiger charge is 2.28. The highest BCUT2D eigenvalue weighted by atomic mass is 16.5. The van der Waals surface area contributed by atoms with Gasteiger partial charge in [0.1, 0.15) is 5.75 Å². The van der Waals surface area contributed by atoms with Gasteiger partial charge in [-0.3, -0.25) is 0 Å². The van der Waals surface area contributed by atoms with Crippen LogP contribution >= 0.6 is 0 Å². The zero-order chi connectivity index (χ0) is 12.1. The number of carbonyl (C=O) groups excluding carboxylic acids is 1. The number of benzene rings is 1. The van der Waals surface area contributed by atoms with E-state index in [0.717, 1.165) is 25.7 Å². The first-order valence-electron chi connectivity index (χ1n) is 6.22. The Kier molecular flexibility index (Phi) is 4.15. The highest BCUT2D eigenvalue weighted by Crippen LogP contribution is 2.27. The molecule has 1 atom stereocenters. The first-order valence-corrected chi connectivity index (χ1v) is 6.22. The van der Waals surface area contributed by atoms with Gasteiger partial charge < -0.3 is 9.84 Å². The van der Waals surface area contributed by atoms with Crippen molar-refractivity contribution >= 4 is 5.97 Å². The smallest absolute Gasteiger partial charge is 0.340 e. The maximum Gasteiger partial charge on any atom is 0.340 e. The van der Waals surface area contributed by atoms with E-state index >= 15 is 0 Å². The second-order valence-corrected chi connectivity index (χ2v) is 4.58. The van der Waals surface area contributed by atoms with Crippen molar-refractivity contribution in [3.8, 4) is 5.75 Å². The molecule has 0 amide bonds. The zero-order valence-corrected chi connectivity index (χ0v) is 9.84. The molecule has 0 bridgehead atoms. The Morgan fingerprint density at radius 3 is 2.47 bits per heavy atom. The van der Waals surface area contributed by atoms with Crippen LogP contribution in [0.5, 0.6) is 5.75 Å². The highest BCUT2D eigenvalue weighted by molar-refractivity contribution is 5.77. The van der Waals surface area contributed by atoms with Crippen molar-refractivity contribution in [3.63, 3.8) is 0 Å². The van der Waals surface area contributed by atoms with E-state index in [9.17, 15) is 9.90 Å². The molecule has 0 aromatic heterocycles. The molecule has 0 saturated heterocycles. The molecule has 2 rings (SSSR count). The van der Waals surface area contributed by atoms with Crippen LogP contribution in [0.2, 0.25) is 0 Å². The van der Waals surface area contributed by atoms with Crippen LogP contribution in [-0.2, 0) is 4.79 Å². The van der Waals surface area contributed by atoms with E-state index in [1.807, 2.05) is 6.07 Å². The Bertz CT molecular complexity index is 355. The second kappa shape index (κ2) is 5.82. The van der Waals surface area contributed by atoms with Crippen molar-refractivity contribution in [1.29, 1.82) is 0 Å². The largest absolute Gasteiger partial charge is 0.425 e. The van der Waals surface area contributed by atoms with E-state index in [1.54, 1.807) is 24.3 Å². The van der Waals surface area contributed by atoms with Crippen molar-refractivity contribution in [2.24, 2.45) is 5.92 Å². The summed E-state index contributed by atoms with van der Waals surface area (Å²) in [4.78, 5) is 11.7. The minimum Gasteiger partial charge on any atom is -0.425 e. The Morgan fingerprint density at radius 2 is 1.82 bits per heavy atom. The van der Waals surface area contributed by atoms with Crippen LogP contribution in [0.25, 0.3) is 0 Å². The summed E-state index contributed by atoms with van der Waals surface area (Å²) in [6.07, 6.45) is 4.27. The Hall–Kier alpha value is -1.35. The van der Waals surface area contributed by atoms with Gasteiger partial charge in [-0.05, 0) is 30.9 Å². The van der Waals surface area contributed by atoms with E-state index in [4.69, 9.17) is 4.74 Å². The summed E-state index contributed by atoms with van der Waals surface area (Å²) in [5.74, 6) is 0.0374. The van der Waals surface area contributed by atoms with E-state index in [2.05, 4.69) is 0 Å². The van der Waals surface area contributed by atoms with Crippen LogP contribution < -0.4 is 4.74 Å². The van der Waals surface area contributed by atoms with Crippen LogP contribution in [-0.4, -0.2) is 17.2 Å². The molecule has 1 aliphatic rings. The lowest BCUT2D eigenvalue weighted by Crippen LogP contribution is -2.34. The van der Waals surface area contributed by atoms with Crippen molar-refractivity contribution in [2.45, 2.75) is 38.2 Å². The normalized spacial score (nSPS) is 18.6. The van der Waals surface area contributed by atoms with Gasteiger partial charge in [-0.25, -0.2) is 4.79 Å². The molecule has 92 valence electrons. The van der Waals surface area contributed by atoms with Gasteiger partial charge in [0.25, 0.3) is 0 Å². The quantitative estimate of drug-likeness (QED) is 0.645. The molecule has 1 N–H and O–H groups in total. The first kappa shape index (κ1) is 12.1. The monoisotopic (exact) mass is 234 g/mol. The van der Waals surface area contributed by atoms with Crippen molar-refractivity contribution in [3.05, 3.63) is 30.3 Å². The van der Waals surface area contributed by atoms with E-state index in [0.29, 0.717) is 5.75 Å². The molecule has 1 aromatic carbocycles. The van der Waals surface area contributed by atoms with Crippen LogP contribution in [0.15, 0.2) is 30.3 Å². The summed E-state index contributed by atoms with van der Waals surface area (Å²) in [6, 6.07) is 8.89. The predicted octanol–water partition coefficient (Wildman–Crippen LogP) is 2.53. The first-order chi connectivity index (χ1) is 8.27. The maximum atomic E-state index is 11.7. The lowest BCUT2D eigenvalue weighted by Gasteiger charge is -2.24. The van der Waals surface area contributed by atoms with Crippen LogP contribution in [0.1, 0.15) is 32.1 Å². The molecular formula is C14H18O3. The average molecular weight is 234 g/mol. The predicted molar refractivity (Wildman–Crippen MR) is 64.7 cm³/mol. The molecule has 1 saturated carbocycles. The third-order valence-corrected chi connectivity index (χ3v) is 3.30. The molecule has 3 heteroatoms. The van der Waals surface area contributed by atoms with Crippen LogP contribution in [0.3, 0.4) is 0 Å². The molecule has 3 nitrogen and oxygen atoms in total. The summed E-state index contributed by atoms with van der Waals surface area (Å²) in [7, 11) is 0.